The minimum atomic E-state index is -0.452. The molecule has 160 valence electrons. The van der Waals surface area contributed by atoms with E-state index in [4.69, 9.17) is 9.15 Å². The fourth-order valence-electron chi connectivity index (χ4n) is 3.67. The van der Waals surface area contributed by atoms with Crippen molar-refractivity contribution in [3.63, 3.8) is 0 Å². The lowest BCUT2D eigenvalue weighted by atomic mass is 10.1. The average Bonchev–Trinajstić information content (AvgIpc) is 2.77. The normalized spacial score (nSPS) is 11.3. The quantitative estimate of drug-likeness (QED) is 0.313. The molecule has 0 atom stereocenters. The Hall–Kier alpha value is -3.48. The lowest BCUT2D eigenvalue weighted by molar-refractivity contribution is 0.414. The number of halogens is 1. The third kappa shape index (κ3) is 3.95. The summed E-state index contributed by atoms with van der Waals surface area (Å²) < 4.78 is 26.0. The molecule has 4 aromatic rings. The molecule has 0 saturated heterocycles. The Bertz CT molecular complexity index is 1360. The molecule has 0 radical (unpaired) electrons. The van der Waals surface area contributed by atoms with Crippen LogP contribution in [0.5, 0.6) is 5.75 Å². The van der Waals surface area contributed by atoms with Gasteiger partial charge in [-0.3, -0.25) is 14.2 Å². The predicted octanol–water partition coefficient (Wildman–Crippen LogP) is 4.90. The monoisotopic (exact) mass is 422 g/mol. The first-order chi connectivity index (χ1) is 15.0. The van der Waals surface area contributed by atoms with Crippen molar-refractivity contribution in [2.45, 2.75) is 39.2 Å². The van der Waals surface area contributed by atoms with Crippen LogP contribution in [0.3, 0.4) is 0 Å². The Kier molecular flexibility index (Phi) is 5.84. The maximum absolute atomic E-state index is 13.5. The molecule has 0 aliphatic carbocycles. The molecule has 6 nitrogen and oxygen atoms in total. The summed E-state index contributed by atoms with van der Waals surface area (Å²) in [4.78, 5) is 31.1. The van der Waals surface area contributed by atoms with Crippen molar-refractivity contribution in [2.24, 2.45) is 0 Å². The van der Waals surface area contributed by atoms with E-state index in [1.54, 1.807) is 30.3 Å². The molecule has 0 N–H and O–H groups in total. The van der Waals surface area contributed by atoms with Gasteiger partial charge in [-0.15, -0.1) is 0 Å². The first-order valence-electron chi connectivity index (χ1n) is 10.3. The maximum Gasteiger partial charge on any atom is 0.269 e. The van der Waals surface area contributed by atoms with E-state index in [2.05, 4.69) is 11.9 Å². The van der Waals surface area contributed by atoms with Crippen molar-refractivity contribution >= 4 is 22.1 Å². The number of unbranched alkanes of at least 4 members (excludes halogenated alkanes) is 3. The van der Waals surface area contributed by atoms with Crippen LogP contribution in [0.2, 0.25) is 0 Å². The first kappa shape index (κ1) is 20.8. The highest BCUT2D eigenvalue weighted by Gasteiger charge is 2.19. The summed E-state index contributed by atoms with van der Waals surface area (Å²) in [5.74, 6) is 0.489. The van der Waals surface area contributed by atoms with Crippen LogP contribution in [-0.2, 0) is 6.54 Å². The van der Waals surface area contributed by atoms with E-state index < -0.39 is 11.0 Å². The summed E-state index contributed by atoms with van der Waals surface area (Å²) in [6, 6.07) is 10.6. The fraction of sp³-hybridized carbons (Fsp3) is 0.292. The Morgan fingerprint density at radius 3 is 2.55 bits per heavy atom. The third-order valence-electron chi connectivity index (χ3n) is 5.34. The zero-order valence-corrected chi connectivity index (χ0v) is 17.5. The van der Waals surface area contributed by atoms with Gasteiger partial charge >= 0.3 is 0 Å². The van der Waals surface area contributed by atoms with Crippen molar-refractivity contribution in [2.75, 3.05) is 7.11 Å². The van der Waals surface area contributed by atoms with Gasteiger partial charge in [0.15, 0.2) is 5.39 Å². The summed E-state index contributed by atoms with van der Waals surface area (Å²) in [5.41, 5.74) is -0.0599. The number of aromatic nitrogens is 2. The Morgan fingerprint density at radius 2 is 1.84 bits per heavy atom. The molecule has 31 heavy (non-hydrogen) atoms. The Balaban J connectivity index is 1.98. The van der Waals surface area contributed by atoms with E-state index in [9.17, 15) is 14.0 Å². The van der Waals surface area contributed by atoms with Gasteiger partial charge < -0.3 is 9.15 Å². The second kappa shape index (κ2) is 8.71. The molecular weight excluding hydrogens is 399 g/mol. The molecule has 2 aromatic heterocycles. The van der Waals surface area contributed by atoms with Gasteiger partial charge in [0.2, 0.25) is 11.1 Å². The summed E-state index contributed by atoms with van der Waals surface area (Å²) in [5, 5.41) is 0.207. The lowest BCUT2D eigenvalue weighted by Gasteiger charge is -2.13. The molecule has 4 rings (SSSR count). The molecule has 0 amide bonds. The molecule has 2 heterocycles. The number of hydrogen-bond donors (Lipinski definition) is 0. The van der Waals surface area contributed by atoms with Crippen molar-refractivity contribution < 1.29 is 13.5 Å². The summed E-state index contributed by atoms with van der Waals surface area (Å²) in [7, 11) is 1.52. The van der Waals surface area contributed by atoms with Crippen LogP contribution >= 0.6 is 0 Å². The Labute approximate surface area is 177 Å². The van der Waals surface area contributed by atoms with Gasteiger partial charge in [-0.05, 0) is 42.8 Å². The first-order valence-corrected chi connectivity index (χ1v) is 10.3. The van der Waals surface area contributed by atoms with Gasteiger partial charge in [0.25, 0.3) is 5.56 Å². The molecule has 0 fully saturated rings. The van der Waals surface area contributed by atoms with Crippen molar-refractivity contribution in [3.8, 4) is 17.1 Å². The number of nitrogens with zero attached hydrogens (tertiary/aromatic N) is 2. The van der Waals surface area contributed by atoms with Crippen LogP contribution in [-0.4, -0.2) is 16.7 Å². The third-order valence-corrected chi connectivity index (χ3v) is 5.34. The van der Waals surface area contributed by atoms with E-state index >= 15 is 0 Å². The topological polar surface area (TPSA) is 74.3 Å². The number of methoxy groups -OCH3 is 1. The smallest absolute Gasteiger partial charge is 0.269 e. The van der Waals surface area contributed by atoms with E-state index in [0.29, 0.717) is 29.1 Å². The fourth-order valence-corrected chi connectivity index (χ4v) is 3.67. The summed E-state index contributed by atoms with van der Waals surface area (Å²) >= 11 is 0. The van der Waals surface area contributed by atoms with Gasteiger partial charge in [-0.25, -0.2) is 4.39 Å². The van der Waals surface area contributed by atoms with E-state index in [1.165, 1.54) is 23.8 Å². The van der Waals surface area contributed by atoms with Gasteiger partial charge in [0.05, 0.1) is 12.5 Å². The van der Waals surface area contributed by atoms with E-state index in [-0.39, 0.29) is 22.5 Å². The minimum Gasteiger partial charge on any atom is -0.497 e. The van der Waals surface area contributed by atoms with Crippen molar-refractivity contribution in [3.05, 3.63) is 68.9 Å². The van der Waals surface area contributed by atoms with Crippen molar-refractivity contribution in [1.29, 1.82) is 0 Å². The number of hydrogen-bond acceptors (Lipinski definition) is 5. The van der Waals surface area contributed by atoms with Gasteiger partial charge in [-0.2, -0.15) is 4.98 Å². The number of ether oxygens (including phenoxy) is 1. The number of rotatable bonds is 7. The van der Waals surface area contributed by atoms with Crippen LogP contribution < -0.4 is 15.7 Å². The molecular formula is C24H23FN2O4. The van der Waals surface area contributed by atoms with Gasteiger partial charge in [0.1, 0.15) is 23.0 Å². The molecule has 0 saturated carbocycles. The molecule has 0 unspecified atom stereocenters. The minimum absolute atomic E-state index is 0.0418. The van der Waals surface area contributed by atoms with Crippen molar-refractivity contribution in [1.82, 2.24) is 9.55 Å². The largest absolute Gasteiger partial charge is 0.497 e. The van der Waals surface area contributed by atoms with Crippen LogP contribution in [0, 0.1) is 5.82 Å². The summed E-state index contributed by atoms with van der Waals surface area (Å²) in [6.45, 7) is 2.52. The number of benzene rings is 2. The molecule has 0 aliphatic rings. The molecule has 0 spiro atoms. The van der Waals surface area contributed by atoms with E-state index in [1.807, 2.05) is 0 Å². The second-order valence-electron chi connectivity index (χ2n) is 7.43. The zero-order valence-electron chi connectivity index (χ0n) is 17.5. The highest BCUT2D eigenvalue weighted by molar-refractivity contribution is 5.89. The second-order valence-corrected chi connectivity index (χ2v) is 7.43. The molecule has 7 heteroatoms. The Morgan fingerprint density at radius 1 is 1.06 bits per heavy atom. The molecule has 0 bridgehead atoms. The average molecular weight is 422 g/mol. The molecule has 2 aromatic carbocycles. The van der Waals surface area contributed by atoms with Gasteiger partial charge in [-0.1, -0.05) is 26.2 Å². The molecule has 0 aliphatic heterocycles. The standard InChI is InChI=1S/C24H23FN2O4/c1-3-4-5-6-13-27-22(15-7-9-16(25)10-8-15)26-23-20(24(27)29)21(28)18-12-11-17(30-2)14-19(18)31-23/h7-12,14H,3-6,13H2,1-2H3. The SMILES string of the molecule is CCCCCCn1c(-c2ccc(F)cc2)nc2oc3cc(OC)ccc3c(=O)c2c1=O. The highest BCUT2D eigenvalue weighted by atomic mass is 19.1. The van der Waals surface area contributed by atoms with Gasteiger partial charge in [0, 0.05) is 18.2 Å². The number of fused-ring (bicyclic) bond motifs is 2. The van der Waals surface area contributed by atoms with E-state index in [0.717, 1.165) is 25.7 Å². The van der Waals surface area contributed by atoms with Crippen LogP contribution in [0.15, 0.2) is 56.5 Å². The zero-order chi connectivity index (χ0) is 22.0. The highest BCUT2D eigenvalue weighted by Crippen LogP contribution is 2.24. The lowest BCUT2D eigenvalue weighted by Crippen LogP contribution is -2.27. The predicted molar refractivity (Wildman–Crippen MR) is 118 cm³/mol. The van der Waals surface area contributed by atoms with Crippen LogP contribution in [0.1, 0.15) is 32.6 Å². The van der Waals surface area contributed by atoms with Crippen LogP contribution in [0.25, 0.3) is 33.5 Å². The summed E-state index contributed by atoms with van der Waals surface area (Å²) in [6.07, 6.45) is 3.84. The van der Waals surface area contributed by atoms with Crippen LogP contribution in [0.4, 0.5) is 4.39 Å². The maximum atomic E-state index is 13.5.